The highest BCUT2D eigenvalue weighted by molar-refractivity contribution is 7.89. The van der Waals surface area contributed by atoms with Crippen LogP contribution in [0.3, 0.4) is 0 Å². The summed E-state index contributed by atoms with van der Waals surface area (Å²) in [5.74, 6) is -0.248. The molecule has 0 bridgehead atoms. The maximum atomic E-state index is 13.6. The second-order valence-electron chi connectivity index (χ2n) is 9.64. The molecule has 214 valence electrons. The number of halogens is 3. The molecule has 0 saturated heterocycles. The number of benzene rings is 4. The number of nitrogens with zero attached hydrogens (tertiary/aromatic N) is 2. The second kappa shape index (κ2) is 13.6. The molecule has 0 aliphatic rings. The first kappa shape index (κ1) is 30.0. The molecule has 9 heteroatoms. The minimum absolute atomic E-state index is 0.0879. The molecule has 41 heavy (non-hydrogen) atoms. The molecule has 0 N–H and O–H groups in total. The Morgan fingerprint density at radius 3 is 1.76 bits per heavy atom. The van der Waals surface area contributed by atoms with Crippen molar-refractivity contribution in [2.45, 2.75) is 37.0 Å². The minimum atomic E-state index is -4.69. The van der Waals surface area contributed by atoms with Gasteiger partial charge in [0.05, 0.1) is 10.5 Å². The molecule has 4 aromatic carbocycles. The molecule has 0 heterocycles. The molecular weight excluding hydrogens is 549 g/mol. The van der Waals surface area contributed by atoms with Crippen molar-refractivity contribution in [1.82, 2.24) is 9.21 Å². The predicted octanol–water partition coefficient (Wildman–Crippen LogP) is 6.56. The lowest BCUT2D eigenvalue weighted by Gasteiger charge is -2.26. The van der Waals surface area contributed by atoms with E-state index in [1.165, 1.54) is 0 Å². The molecule has 0 fully saturated rings. The normalized spacial score (nSPS) is 11.9. The third-order valence-corrected chi connectivity index (χ3v) is 8.50. The highest BCUT2D eigenvalue weighted by Gasteiger charge is 2.33. The monoisotopic (exact) mass is 580 g/mol. The number of amides is 1. The van der Waals surface area contributed by atoms with Gasteiger partial charge in [0.1, 0.15) is 0 Å². The maximum Gasteiger partial charge on any atom is 0.416 e. The zero-order valence-electron chi connectivity index (χ0n) is 22.4. The number of rotatable bonds is 12. The minimum Gasteiger partial charge on any atom is -0.338 e. The van der Waals surface area contributed by atoms with Gasteiger partial charge >= 0.3 is 6.18 Å². The molecule has 0 unspecified atom stereocenters. The smallest absolute Gasteiger partial charge is 0.338 e. The fraction of sp³-hybridized carbons (Fsp3) is 0.219. The molecule has 0 atom stereocenters. The first-order valence-corrected chi connectivity index (χ1v) is 14.6. The number of hydrogen-bond donors (Lipinski definition) is 0. The quantitative estimate of drug-likeness (QED) is 0.191. The Morgan fingerprint density at radius 2 is 1.20 bits per heavy atom. The van der Waals surface area contributed by atoms with Crippen molar-refractivity contribution in [2.75, 3.05) is 13.1 Å². The third-order valence-electron chi connectivity index (χ3n) is 6.66. The summed E-state index contributed by atoms with van der Waals surface area (Å²) in [6, 6.07) is 31.7. The molecule has 0 aliphatic heterocycles. The summed E-state index contributed by atoms with van der Waals surface area (Å²) in [5.41, 5.74) is 1.60. The van der Waals surface area contributed by atoms with Gasteiger partial charge < -0.3 is 4.90 Å². The molecule has 1 amide bonds. The van der Waals surface area contributed by atoms with E-state index in [-0.39, 0.29) is 25.4 Å². The second-order valence-corrected chi connectivity index (χ2v) is 11.6. The molecule has 0 spiro atoms. The molecule has 5 nitrogen and oxygen atoms in total. The van der Waals surface area contributed by atoms with Crippen LogP contribution in [-0.2, 0) is 40.5 Å². The van der Waals surface area contributed by atoms with Gasteiger partial charge in [-0.2, -0.15) is 17.5 Å². The summed E-state index contributed by atoms with van der Waals surface area (Å²) in [5, 5.41) is 0. The number of carbonyl (C=O) groups is 1. The van der Waals surface area contributed by atoms with Crippen molar-refractivity contribution in [3.8, 4) is 0 Å². The zero-order chi connectivity index (χ0) is 29.3. The van der Waals surface area contributed by atoms with Gasteiger partial charge in [-0.05, 0) is 41.3 Å². The van der Waals surface area contributed by atoms with E-state index in [1.807, 2.05) is 60.7 Å². The van der Waals surface area contributed by atoms with Crippen LogP contribution in [0.1, 0.15) is 28.7 Å². The van der Waals surface area contributed by atoms with Gasteiger partial charge in [0.25, 0.3) is 0 Å². The Kier molecular flexibility index (Phi) is 9.96. The highest BCUT2D eigenvalue weighted by atomic mass is 32.2. The Hall–Kier alpha value is -3.95. The fourth-order valence-corrected chi connectivity index (χ4v) is 5.91. The summed E-state index contributed by atoms with van der Waals surface area (Å²) < 4.78 is 68.4. The van der Waals surface area contributed by atoms with Crippen LogP contribution >= 0.6 is 0 Å². The van der Waals surface area contributed by atoms with E-state index < -0.39 is 26.7 Å². The predicted molar refractivity (Wildman–Crippen MR) is 152 cm³/mol. The van der Waals surface area contributed by atoms with Crippen molar-refractivity contribution in [3.63, 3.8) is 0 Å². The van der Waals surface area contributed by atoms with Crippen LogP contribution in [0.2, 0.25) is 0 Å². The van der Waals surface area contributed by atoms with E-state index in [9.17, 15) is 26.4 Å². The summed E-state index contributed by atoms with van der Waals surface area (Å²) in [6.07, 6.45) is -4.20. The number of carbonyl (C=O) groups excluding carboxylic acids is 1. The highest BCUT2D eigenvalue weighted by Crippen LogP contribution is 2.31. The first-order valence-electron chi connectivity index (χ1n) is 13.2. The number of sulfonamides is 1. The fourth-order valence-electron chi connectivity index (χ4n) is 4.44. The van der Waals surface area contributed by atoms with E-state index in [2.05, 4.69) is 0 Å². The Balaban J connectivity index is 1.57. The summed E-state index contributed by atoms with van der Waals surface area (Å²) in [4.78, 5) is 14.8. The van der Waals surface area contributed by atoms with Gasteiger partial charge in [-0.3, -0.25) is 4.79 Å². The largest absolute Gasteiger partial charge is 0.416 e. The lowest BCUT2D eigenvalue weighted by atomic mass is 10.1. The Bertz CT molecular complexity index is 1510. The number of alkyl halides is 3. The third kappa shape index (κ3) is 8.52. The van der Waals surface area contributed by atoms with Crippen molar-refractivity contribution in [3.05, 3.63) is 138 Å². The zero-order valence-corrected chi connectivity index (χ0v) is 23.2. The molecule has 0 aliphatic carbocycles. The van der Waals surface area contributed by atoms with Crippen molar-refractivity contribution >= 4 is 15.9 Å². The van der Waals surface area contributed by atoms with E-state index in [0.717, 1.165) is 33.6 Å². The van der Waals surface area contributed by atoms with Gasteiger partial charge in [0.15, 0.2) is 0 Å². The topological polar surface area (TPSA) is 57.7 Å². The van der Waals surface area contributed by atoms with E-state index in [0.29, 0.717) is 31.1 Å². The lowest BCUT2D eigenvalue weighted by Crippen LogP contribution is -2.37. The van der Waals surface area contributed by atoms with Crippen LogP contribution < -0.4 is 0 Å². The molecule has 4 rings (SSSR count). The van der Waals surface area contributed by atoms with Crippen molar-refractivity contribution in [2.24, 2.45) is 0 Å². The van der Waals surface area contributed by atoms with Crippen LogP contribution in [0.15, 0.2) is 120 Å². The van der Waals surface area contributed by atoms with Gasteiger partial charge in [0, 0.05) is 32.6 Å². The van der Waals surface area contributed by atoms with E-state index >= 15 is 0 Å². The van der Waals surface area contributed by atoms with Crippen LogP contribution in [-0.4, -0.2) is 36.6 Å². The van der Waals surface area contributed by atoms with Gasteiger partial charge in [0.2, 0.25) is 15.9 Å². The maximum absolute atomic E-state index is 13.6. The molecule has 4 aromatic rings. The first-order chi connectivity index (χ1) is 19.6. The average molecular weight is 581 g/mol. The molecule has 0 radical (unpaired) electrons. The average Bonchev–Trinajstić information content (AvgIpc) is 2.98. The summed E-state index contributed by atoms with van der Waals surface area (Å²) >= 11 is 0. The Morgan fingerprint density at radius 1 is 0.659 bits per heavy atom. The molecular formula is C32H31F3N2O3S. The lowest BCUT2D eigenvalue weighted by molar-refractivity contribution is -0.137. The van der Waals surface area contributed by atoms with E-state index in [4.69, 9.17) is 0 Å². The van der Waals surface area contributed by atoms with Gasteiger partial charge in [-0.1, -0.05) is 97.1 Å². The van der Waals surface area contributed by atoms with Gasteiger partial charge in [-0.15, -0.1) is 0 Å². The van der Waals surface area contributed by atoms with Crippen LogP contribution in [0.4, 0.5) is 13.2 Å². The summed E-state index contributed by atoms with van der Waals surface area (Å²) in [6.45, 7) is 0.501. The standard InChI is InChI=1S/C32H31F3N2O3S/c33-32(34,35)29-17-10-18-30(23-29)41(39,40)37(25-28-15-8-3-9-16-28)22-20-31(38)36(24-27-13-6-2-7-14-27)21-19-26-11-4-1-5-12-26/h1-18,23H,19-22,24-25H2. The SMILES string of the molecule is O=C(CCN(Cc1ccccc1)S(=O)(=O)c1cccc(C(F)(F)F)c1)N(CCc1ccccc1)Cc1ccccc1. The Labute approximate surface area is 238 Å². The van der Waals surface area contributed by atoms with E-state index in [1.54, 1.807) is 35.2 Å². The summed E-state index contributed by atoms with van der Waals surface area (Å²) in [7, 11) is -4.35. The van der Waals surface area contributed by atoms with Crippen LogP contribution in [0.5, 0.6) is 0 Å². The molecule has 0 aromatic heterocycles. The van der Waals surface area contributed by atoms with Crippen molar-refractivity contribution < 1.29 is 26.4 Å². The van der Waals surface area contributed by atoms with Crippen LogP contribution in [0, 0.1) is 0 Å². The van der Waals surface area contributed by atoms with Gasteiger partial charge in [-0.25, -0.2) is 8.42 Å². The molecule has 0 saturated carbocycles. The number of hydrogen-bond acceptors (Lipinski definition) is 3. The van der Waals surface area contributed by atoms with Crippen LogP contribution in [0.25, 0.3) is 0 Å². The van der Waals surface area contributed by atoms with Crippen molar-refractivity contribution in [1.29, 1.82) is 0 Å².